The molecule has 5 nitrogen and oxygen atoms in total. The van der Waals surface area contributed by atoms with Gasteiger partial charge in [-0.15, -0.1) is 0 Å². The summed E-state index contributed by atoms with van der Waals surface area (Å²) in [4.78, 5) is -0.0521. The Labute approximate surface area is 95.5 Å². The second kappa shape index (κ2) is 4.52. The van der Waals surface area contributed by atoms with Gasteiger partial charge in [-0.25, -0.2) is 21.6 Å². The first-order valence-electron chi connectivity index (χ1n) is 4.57. The third kappa shape index (κ3) is 3.03. The molecule has 0 amide bonds. The lowest BCUT2D eigenvalue weighted by Gasteiger charge is -2.05. The molecule has 90 valence electrons. The van der Waals surface area contributed by atoms with Gasteiger partial charge in [-0.05, 0) is 18.2 Å². The van der Waals surface area contributed by atoms with Gasteiger partial charge in [0.1, 0.15) is 0 Å². The highest BCUT2D eigenvalue weighted by molar-refractivity contribution is 7.91. The number of hydrogen-bond donors (Lipinski definition) is 1. The van der Waals surface area contributed by atoms with Crippen molar-refractivity contribution in [1.82, 2.24) is 4.72 Å². The van der Waals surface area contributed by atoms with Gasteiger partial charge in [-0.3, -0.25) is 0 Å². The monoisotopic (exact) mass is 263 g/mol. The largest absolute Gasteiger partial charge is 0.240 e. The van der Waals surface area contributed by atoms with Crippen LogP contribution in [0.2, 0.25) is 0 Å². The lowest BCUT2D eigenvalue weighted by molar-refractivity contribution is 0.583. The molecule has 0 atom stereocenters. The Morgan fingerprint density at radius 1 is 1.12 bits per heavy atom. The minimum absolute atomic E-state index is 0.00789. The molecule has 0 aromatic heterocycles. The molecule has 0 aliphatic carbocycles. The first kappa shape index (κ1) is 13.1. The van der Waals surface area contributed by atoms with Crippen molar-refractivity contribution in [3.05, 3.63) is 24.3 Å². The Hall–Kier alpha value is -0.920. The van der Waals surface area contributed by atoms with Crippen LogP contribution < -0.4 is 4.72 Å². The molecule has 0 saturated carbocycles. The molecule has 0 bridgehead atoms. The lowest BCUT2D eigenvalue weighted by atomic mass is 10.4. The average molecular weight is 263 g/mol. The minimum atomic E-state index is -3.61. The summed E-state index contributed by atoms with van der Waals surface area (Å²) in [6.45, 7) is 1.91. The van der Waals surface area contributed by atoms with Gasteiger partial charge >= 0.3 is 0 Å². The van der Waals surface area contributed by atoms with Gasteiger partial charge in [0.15, 0.2) is 9.84 Å². The van der Waals surface area contributed by atoms with Crippen LogP contribution >= 0.6 is 0 Å². The van der Waals surface area contributed by atoms with Gasteiger partial charge < -0.3 is 0 Å². The van der Waals surface area contributed by atoms with Crippen LogP contribution in [0.25, 0.3) is 0 Å². The van der Waals surface area contributed by atoms with E-state index in [0.29, 0.717) is 0 Å². The molecule has 0 spiro atoms. The summed E-state index contributed by atoms with van der Waals surface area (Å²) in [6.07, 6.45) is 1.03. The fraction of sp³-hybridized carbons (Fsp3) is 0.333. The van der Waals surface area contributed by atoms with Crippen molar-refractivity contribution in [2.75, 3.05) is 12.8 Å². The quantitative estimate of drug-likeness (QED) is 0.852. The van der Waals surface area contributed by atoms with Crippen LogP contribution in [0.3, 0.4) is 0 Å². The van der Waals surface area contributed by atoms with E-state index < -0.39 is 19.9 Å². The smallest absolute Gasteiger partial charge is 0.224 e. The Balaban J connectivity index is 3.29. The summed E-state index contributed by atoms with van der Waals surface area (Å²) in [5, 5.41) is 0. The van der Waals surface area contributed by atoms with E-state index in [1.54, 1.807) is 6.92 Å². The topological polar surface area (TPSA) is 80.3 Å². The van der Waals surface area contributed by atoms with E-state index in [-0.39, 0.29) is 16.3 Å². The van der Waals surface area contributed by atoms with E-state index in [2.05, 4.69) is 4.72 Å². The molecule has 0 aliphatic heterocycles. The molecule has 16 heavy (non-hydrogen) atoms. The molecule has 7 heteroatoms. The Kier molecular flexibility index (Phi) is 3.72. The van der Waals surface area contributed by atoms with Crippen molar-refractivity contribution in [3.8, 4) is 0 Å². The third-order valence-electron chi connectivity index (χ3n) is 1.88. The standard InChI is InChI=1S/C9H13NO4S2/c1-3-10-16(13,14)9-6-4-5-8(7-9)15(2,11)12/h4-7,10H,3H2,1-2H3. The molecule has 1 aromatic carbocycles. The van der Waals surface area contributed by atoms with Crippen LogP contribution in [-0.2, 0) is 19.9 Å². The maximum Gasteiger partial charge on any atom is 0.240 e. The van der Waals surface area contributed by atoms with Crippen LogP contribution in [0.4, 0.5) is 0 Å². The number of hydrogen-bond acceptors (Lipinski definition) is 4. The maximum atomic E-state index is 11.6. The van der Waals surface area contributed by atoms with E-state index in [1.807, 2.05) is 0 Å². The zero-order chi connectivity index (χ0) is 12.4. The summed E-state index contributed by atoms with van der Waals surface area (Å²) < 4.78 is 48.0. The number of sulfonamides is 1. The molecule has 1 rings (SSSR count). The van der Waals surface area contributed by atoms with Crippen LogP contribution in [0.5, 0.6) is 0 Å². The Morgan fingerprint density at radius 3 is 2.19 bits per heavy atom. The molecule has 0 unspecified atom stereocenters. The van der Waals surface area contributed by atoms with Crippen molar-refractivity contribution >= 4 is 19.9 Å². The fourth-order valence-corrected chi connectivity index (χ4v) is 2.97. The Morgan fingerprint density at radius 2 is 1.69 bits per heavy atom. The number of nitrogens with one attached hydrogen (secondary N) is 1. The van der Waals surface area contributed by atoms with E-state index in [0.717, 1.165) is 12.3 Å². The zero-order valence-corrected chi connectivity index (χ0v) is 10.6. The zero-order valence-electron chi connectivity index (χ0n) is 8.97. The van der Waals surface area contributed by atoms with Gasteiger partial charge in [0.2, 0.25) is 10.0 Å². The van der Waals surface area contributed by atoms with E-state index in [4.69, 9.17) is 0 Å². The van der Waals surface area contributed by atoms with Crippen molar-refractivity contribution < 1.29 is 16.8 Å². The minimum Gasteiger partial charge on any atom is -0.224 e. The van der Waals surface area contributed by atoms with Gasteiger partial charge in [-0.1, -0.05) is 13.0 Å². The highest BCUT2D eigenvalue weighted by Gasteiger charge is 2.15. The summed E-state index contributed by atoms with van der Waals surface area (Å²) in [7, 11) is -7.00. The van der Waals surface area contributed by atoms with Crippen molar-refractivity contribution in [2.24, 2.45) is 0 Å². The molecule has 0 heterocycles. The fourth-order valence-electron chi connectivity index (χ4n) is 1.15. The summed E-state index contributed by atoms with van der Waals surface area (Å²) in [5.41, 5.74) is 0. The van der Waals surface area contributed by atoms with Crippen molar-refractivity contribution in [2.45, 2.75) is 16.7 Å². The molecule has 1 aromatic rings. The number of benzene rings is 1. The van der Waals surface area contributed by atoms with E-state index in [9.17, 15) is 16.8 Å². The SMILES string of the molecule is CCNS(=O)(=O)c1cccc(S(C)(=O)=O)c1. The van der Waals surface area contributed by atoms with E-state index in [1.165, 1.54) is 18.2 Å². The molecule has 1 N–H and O–H groups in total. The summed E-state index contributed by atoms with van der Waals surface area (Å²) in [6, 6.07) is 5.26. The van der Waals surface area contributed by atoms with Gasteiger partial charge in [0, 0.05) is 12.8 Å². The summed E-state index contributed by atoms with van der Waals surface area (Å²) in [5.74, 6) is 0. The third-order valence-corrected chi connectivity index (χ3v) is 4.53. The van der Waals surface area contributed by atoms with Crippen molar-refractivity contribution in [3.63, 3.8) is 0 Å². The lowest BCUT2D eigenvalue weighted by Crippen LogP contribution is -2.23. The Bertz CT molecular complexity index is 575. The van der Waals surface area contributed by atoms with Gasteiger partial charge in [-0.2, -0.15) is 0 Å². The second-order valence-electron chi connectivity index (χ2n) is 3.25. The first-order valence-corrected chi connectivity index (χ1v) is 7.94. The molecular formula is C9H13NO4S2. The van der Waals surface area contributed by atoms with Crippen LogP contribution in [0.1, 0.15) is 6.92 Å². The van der Waals surface area contributed by atoms with Gasteiger partial charge in [0.25, 0.3) is 0 Å². The molecule has 0 aliphatic rings. The van der Waals surface area contributed by atoms with Crippen LogP contribution in [0.15, 0.2) is 34.1 Å². The van der Waals surface area contributed by atoms with Crippen LogP contribution in [0, 0.1) is 0 Å². The average Bonchev–Trinajstić information content (AvgIpc) is 2.16. The highest BCUT2D eigenvalue weighted by Crippen LogP contribution is 2.15. The number of rotatable bonds is 4. The predicted octanol–water partition coefficient (Wildman–Crippen LogP) is 0.388. The van der Waals surface area contributed by atoms with Gasteiger partial charge in [0.05, 0.1) is 9.79 Å². The summed E-state index contributed by atoms with van der Waals surface area (Å²) >= 11 is 0. The molecule has 0 fully saturated rings. The normalized spacial score (nSPS) is 12.6. The molecule has 0 radical (unpaired) electrons. The molecule has 0 saturated heterocycles. The number of sulfone groups is 1. The first-order chi connectivity index (χ1) is 7.27. The van der Waals surface area contributed by atoms with Crippen molar-refractivity contribution in [1.29, 1.82) is 0 Å². The second-order valence-corrected chi connectivity index (χ2v) is 7.03. The molecular weight excluding hydrogens is 250 g/mol. The van der Waals surface area contributed by atoms with Crippen LogP contribution in [-0.4, -0.2) is 29.6 Å². The highest BCUT2D eigenvalue weighted by atomic mass is 32.2. The predicted molar refractivity (Wildman–Crippen MR) is 60.4 cm³/mol. The maximum absolute atomic E-state index is 11.6. The van der Waals surface area contributed by atoms with E-state index >= 15 is 0 Å².